The van der Waals surface area contributed by atoms with Gasteiger partial charge in [-0.15, -0.1) is 0 Å². The van der Waals surface area contributed by atoms with Crippen molar-refractivity contribution in [2.75, 3.05) is 0 Å². The number of carboxylic acids is 2. The van der Waals surface area contributed by atoms with E-state index in [4.69, 9.17) is 0 Å². The van der Waals surface area contributed by atoms with Gasteiger partial charge in [-0.3, -0.25) is 0 Å². The fourth-order valence-corrected chi connectivity index (χ4v) is 3.53. The Hall–Kier alpha value is -1.32. The van der Waals surface area contributed by atoms with E-state index in [0.29, 0.717) is 0 Å². The molecular formula is C12H16O4. The quantitative estimate of drug-likeness (QED) is 0.751. The highest BCUT2D eigenvalue weighted by molar-refractivity contribution is 6.02. The fraction of sp³-hybridized carbons (Fsp3) is 0.667. The molecule has 2 unspecified atom stereocenters. The van der Waals surface area contributed by atoms with Crippen molar-refractivity contribution in [3.63, 3.8) is 0 Å². The molecule has 0 aromatic rings. The fourth-order valence-electron chi connectivity index (χ4n) is 3.53. The Balaban J connectivity index is 2.68. The number of hydrogen-bond acceptors (Lipinski definition) is 2. The number of carboxylic acid groups (broad SMARTS) is 2. The predicted octanol–water partition coefficient (Wildman–Crippen LogP) is 1.91. The monoisotopic (exact) mass is 224 g/mol. The maximum Gasteiger partial charge on any atom is 0.332 e. The predicted molar refractivity (Wildman–Crippen MR) is 56.9 cm³/mol. The molecule has 16 heavy (non-hydrogen) atoms. The zero-order chi connectivity index (χ0) is 12.3. The molecule has 2 N–H and O–H groups in total. The SMILES string of the molecule is CC12CCC(C(C(=O)O)=C1C(=O)O)C2(C)C. The summed E-state index contributed by atoms with van der Waals surface area (Å²) in [6.45, 7) is 5.83. The van der Waals surface area contributed by atoms with Crippen LogP contribution in [0.5, 0.6) is 0 Å². The van der Waals surface area contributed by atoms with E-state index in [9.17, 15) is 19.8 Å². The Bertz CT molecular complexity index is 419. The summed E-state index contributed by atoms with van der Waals surface area (Å²) in [6, 6.07) is 0. The van der Waals surface area contributed by atoms with Crippen LogP contribution in [0.25, 0.3) is 0 Å². The lowest BCUT2D eigenvalue weighted by Crippen LogP contribution is -2.32. The second kappa shape index (κ2) is 2.87. The molecule has 0 spiro atoms. The van der Waals surface area contributed by atoms with E-state index in [1.807, 2.05) is 20.8 Å². The van der Waals surface area contributed by atoms with Gasteiger partial charge in [0, 0.05) is 5.41 Å². The topological polar surface area (TPSA) is 74.6 Å². The van der Waals surface area contributed by atoms with Gasteiger partial charge in [0.05, 0.1) is 11.1 Å². The Kier molecular flexibility index (Phi) is 2.00. The molecule has 2 aliphatic carbocycles. The van der Waals surface area contributed by atoms with Crippen LogP contribution < -0.4 is 0 Å². The lowest BCUT2D eigenvalue weighted by atomic mass is 9.67. The zero-order valence-corrected chi connectivity index (χ0v) is 9.70. The third-order valence-electron chi connectivity index (χ3n) is 4.84. The second-order valence-corrected chi connectivity index (χ2v) is 5.54. The first-order chi connectivity index (χ1) is 7.23. The molecule has 1 saturated carbocycles. The second-order valence-electron chi connectivity index (χ2n) is 5.54. The first-order valence-corrected chi connectivity index (χ1v) is 5.44. The van der Waals surface area contributed by atoms with Crippen molar-refractivity contribution in [2.24, 2.45) is 16.7 Å². The van der Waals surface area contributed by atoms with E-state index >= 15 is 0 Å². The molecule has 2 aliphatic rings. The number of carbonyl (C=O) groups is 2. The molecule has 4 nitrogen and oxygen atoms in total. The van der Waals surface area contributed by atoms with Gasteiger partial charge in [-0.2, -0.15) is 0 Å². The van der Waals surface area contributed by atoms with E-state index in [-0.39, 0.29) is 22.5 Å². The van der Waals surface area contributed by atoms with Crippen LogP contribution in [0.15, 0.2) is 11.1 Å². The largest absolute Gasteiger partial charge is 0.478 e. The molecule has 0 aromatic heterocycles. The van der Waals surface area contributed by atoms with E-state index in [0.717, 1.165) is 12.8 Å². The molecule has 88 valence electrons. The summed E-state index contributed by atoms with van der Waals surface area (Å²) in [5.41, 5.74) is -0.515. The van der Waals surface area contributed by atoms with E-state index < -0.39 is 17.4 Å². The van der Waals surface area contributed by atoms with Gasteiger partial charge in [0.2, 0.25) is 0 Å². The van der Waals surface area contributed by atoms with Crippen LogP contribution >= 0.6 is 0 Å². The van der Waals surface area contributed by atoms with Gasteiger partial charge >= 0.3 is 11.9 Å². The average molecular weight is 224 g/mol. The molecular weight excluding hydrogens is 208 g/mol. The molecule has 0 aliphatic heterocycles. The minimum Gasteiger partial charge on any atom is -0.478 e. The van der Waals surface area contributed by atoms with Crippen molar-refractivity contribution in [3.05, 3.63) is 11.1 Å². The Labute approximate surface area is 94.0 Å². The molecule has 0 radical (unpaired) electrons. The van der Waals surface area contributed by atoms with E-state index in [1.54, 1.807) is 0 Å². The van der Waals surface area contributed by atoms with Gasteiger partial charge in [0.1, 0.15) is 0 Å². The van der Waals surface area contributed by atoms with Gasteiger partial charge in [0.25, 0.3) is 0 Å². The van der Waals surface area contributed by atoms with Crippen molar-refractivity contribution >= 4 is 11.9 Å². The Morgan fingerprint density at radius 1 is 1.19 bits per heavy atom. The zero-order valence-electron chi connectivity index (χ0n) is 9.70. The maximum atomic E-state index is 11.3. The molecule has 0 saturated heterocycles. The maximum absolute atomic E-state index is 11.3. The van der Waals surface area contributed by atoms with Crippen molar-refractivity contribution in [2.45, 2.75) is 33.6 Å². The third-order valence-corrected chi connectivity index (χ3v) is 4.84. The van der Waals surface area contributed by atoms with Crippen LogP contribution in [0.3, 0.4) is 0 Å². The van der Waals surface area contributed by atoms with Gasteiger partial charge < -0.3 is 10.2 Å². The van der Waals surface area contributed by atoms with Crippen molar-refractivity contribution in [1.82, 2.24) is 0 Å². The van der Waals surface area contributed by atoms with Crippen LogP contribution in [0, 0.1) is 16.7 Å². The van der Waals surface area contributed by atoms with Gasteiger partial charge in [-0.05, 0) is 24.2 Å². The minimum atomic E-state index is -1.07. The first-order valence-electron chi connectivity index (χ1n) is 5.44. The summed E-state index contributed by atoms with van der Waals surface area (Å²) in [5.74, 6) is -2.27. The van der Waals surface area contributed by atoms with Crippen molar-refractivity contribution in [1.29, 1.82) is 0 Å². The van der Waals surface area contributed by atoms with Crippen LogP contribution in [-0.2, 0) is 9.59 Å². The van der Waals surface area contributed by atoms with Crippen molar-refractivity contribution < 1.29 is 19.8 Å². The lowest BCUT2D eigenvalue weighted by Gasteiger charge is -2.35. The molecule has 0 aromatic carbocycles. The Morgan fingerprint density at radius 2 is 1.75 bits per heavy atom. The molecule has 1 fully saturated rings. The average Bonchev–Trinajstić information content (AvgIpc) is 2.45. The highest BCUT2D eigenvalue weighted by Crippen LogP contribution is 2.67. The summed E-state index contributed by atoms with van der Waals surface area (Å²) < 4.78 is 0. The number of rotatable bonds is 2. The third kappa shape index (κ3) is 0.996. The minimum absolute atomic E-state index is 0.124. The molecule has 2 atom stereocenters. The lowest BCUT2D eigenvalue weighted by molar-refractivity contribution is -0.137. The summed E-state index contributed by atoms with van der Waals surface area (Å²) in [5, 5.41) is 18.4. The molecule has 2 bridgehead atoms. The number of aliphatic carboxylic acids is 2. The summed E-state index contributed by atoms with van der Waals surface area (Å²) in [4.78, 5) is 22.5. The van der Waals surface area contributed by atoms with Gasteiger partial charge in [0.15, 0.2) is 0 Å². The van der Waals surface area contributed by atoms with E-state index in [2.05, 4.69) is 0 Å². The summed E-state index contributed by atoms with van der Waals surface area (Å²) >= 11 is 0. The molecule has 2 rings (SSSR count). The summed E-state index contributed by atoms with van der Waals surface area (Å²) in [6.07, 6.45) is 1.55. The highest BCUT2D eigenvalue weighted by Gasteiger charge is 2.63. The standard InChI is InChI=1S/C12H16O4/c1-11(2)6-4-5-12(11,3)8(10(15)16)7(6)9(13)14/h6H,4-5H2,1-3H3,(H,13,14)(H,15,16). The Morgan fingerprint density at radius 3 is 2.12 bits per heavy atom. The van der Waals surface area contributed by atoms with Crippen molar-refractivity contribution in [3.8, 4) is 0 Å². The van der Waals surface area contributed by atoms with Crippen LogP contribution in [0.2, 0.25) is 0 Å². The first kappa shape index (κ1) is 11.2. The van der Waals surface area contributed by atoms with Gasteiger partial charge in [-0.25, -0.2) is 9.59 Å². The van der Waals surface area contributed by atoms with Gasteiger partial charge in [-0.1, -0.05) is 20.8 Å². The smallest absolute Gasteiger partial charge is 0.332 e. The van der Waals surface area contributed by atoms with Crippen LogP contribution in [0.1, 0.15) is 33.6 Å². The number of fused-ring (bicyclic) bond motifs is 2. The normalized spacial score (nSPS) is 35.6. The molecule has 0 amide bonds. The number of hydrogen-bond donors (Lipinski definition) is 2. The highest BCUT2D eigenvalue weighted by atomic mass is 16.4. The van der Waals surface area contributed by atoms with Crippen LogP contribution in [0.4, 0.5) is 0 Å². The van der Waals surface area contributed by atoms with Crippen LogP contribution in [-0.4, -0.2) is 22.2 Å². The molecule has 0 heterocycles. The van der Waals surface area contributed by atoms with E-state index in [1.165, 1.54) is 0 Å². The summed E-state index contributed by atoms with van der Waals surface area (Å²) in [7, 11) is 0. The molecule has 4 heteroatoms.